The van der Waals surface area contributed by atoms with Gasteiger partial charge in [-0.15, -0.1) is 11.3 Å². The molecule has 3 aromatic rings. The van der Waals surface area contributed by atoms with Crippen LogP contribution in [0.5, 0.6) is 0 Å². The molecule has 2 aromatic carbocycles. The minimum Gasteiger partial charge on any atom is -0.446 e. The van der Waals surface area contributed by atoms with Crippen LogP contribution < -0.4 is 21.1 Å². The summed E-state index contributed by atoms with van der Waals surface area (Å²) in [4.78, 5) is 28.9. The van der Waals surface area contributed by atoms with Crippen molar-refractivity contribution in [3.05, 3.63) is 65.0 Å². The van der Waals surface area contributed by atoms with E-state index in [0.29, 0.717) is 28.8 Å². The summed E-state index contributed by atoms with van der Waals surface area (Å²) in [6.45, 7) is 5.19. The van der Waals surface area contributed by atoms with Crippen LogP contribution in [0.1, 0.15) is 62.9 Å². The Kier molecular flexibility index (Phi) is 9.30. The number of carbonyl (C=O) groups is 2. The minimum atomic E-state index is -4.00. The normalized spacial score (nSPS) is 17.6. The lowest BCUT2D eigenvalue weighted by molar-refractivity contribution is 0.0787. The zero-order valence-electron chi connectivity index (χ0n) is 23.1. The summed E-state index contributed by atoms with van der Waals surface area (Å²) in [5.74, 6) is -0.275. The number of carbonyl (C=O) groups excluding carboxylic acids is 2. The summed E-state index contributed by atoms with van der Waals surface area (Å²) in [6.07, 6.45) is 3.58. The molecule has 0 saturated heterocycles. The Hall–Kier alpha value is -3.55. The Morgan fingerprint density at radius 3 is 2.49 bits per heavy atom. The first-order valence-electron chi connectivity index (χ1n) is 13.2. The number of urea groups is 1. The van der Waals surface area contributed by atoms with Gasteiger partial charge in [0.15, 0.2) is 0 Å². The molecule has 0 aliphatic heterocycles. The molecule has 0 bridgehead atoms. The third-order valence-corrected chi connectivity index (χ3v) is 9.45. The van der Waals surface area contributed by atoms with Crippen molar-refractivity contribution in [2.24, 2.45) is 5.73 Å². The number of benzene rings is 2. The molecule has 0 spiro atoms. The Morgan fingerprint density at radius 2 is 1.83 bits per heavy atom. The van der Waals surface area contributed by atoms with Crippen LogP contribution in [0, 0.1) is 5.82 Å². The lowest BCUT2D eigenvalue weighted by Gasteiger charge is -2.26. The molecule has 13 heteroatoms. The number of amides is 3. The van der Waals surface area contributed by atoms with Crippen LogP contribution >= 0.6 is 11.3 Å². The number of ether oxygens (including phenoxy) is 1. The number of aromatic nitrogens is 1. The van der Waals surface area contributed by atoms with Gasteiger partial charge in [0.05, 0.1) is 14.8 Å². The zero-order valence-corrected chi connectivity index (χ0v) is 24.7. The molecule has 1 aliphatic rings. The van der Waals surface area contributed by atoms with Gasteiger partial charge in [-0.05, 0) is 64.7 Å². The Morgan fingerprint density at radius 1 is 1.12 bits per heavy atom. The van der Waals surface area contributed by atoms with Gasteiger partial charge in [0.25, 0.3) is 0 Å². The highest BCUT2D eigenvalue weighted by Gasteiger charge is 2.29. The summed E-state index contributed by atoms with van der Waals surface area (Å²) < 4.78 is 48.7. The molecule has 0 radical (unpaired) electrons. The van der Waals surface area contributed by atoms with Crippen LogP contribution in [-0.2, 0) is 21.3 Å². The van der Waals surface area contributed by atoms with Crippen molar-refractivity contribution in [2.45, 2.75) is 75.5 Å². The van der Waals surface area contributed by atoms with Gasteiger partial charge in [-0.1, -0.05) is 24.3 Å². The van der Waals surface area contributed by atoms with Crippen molar-refractivity contribution in [2.75, 3.05) is 5.32 Å². The maximum Gasteiger partial charge on any atom is 0.404 e. The Balaban J connectivity index is 1.56. The molecule has 10 nitrogen and oxygen atoms in total. The maximum atomic E-state index is 13.9. The van der Waals surface area contributed by atoms with Crippen molar-refractivity contribution in [3.8, 4) is 10.4 Å². The fourth-order valence-electron chi connectivity index (χ4n) is 4.67. The van der Waals surface area contributed by atoms with Crippen LogP contribution in [-0.4, -0.2) is 37.2 Å². The van der Waals surface area contributed by atoms with E-state index in [1.54, 1.807) is 57.3 Å². The molecule has 220 valence electrons. The number of nitrogens with two attached hydrogens (primary N) is 1. The van der Waals surface area contributed by atoms with Gasteiger partial charge in [-0.3, -0.25) is 0 Å². The highest BCUT2D eigenvalue weighted by Crippen LogP contribution is 2.40. The fourth-order valence-corrected chi connectivity index (χ4v) is 7.53. The number of anilines is 1. The first kappa shape index (κ1) is 30.4. The quantitative estimate of drug-likeness (QED) is 0.268. The number of hydrogen-bond donors (Lipinski definition) is 4. The van der Waals surface area contributed by atoms with E-state index in [1.807, 2.05) is 0 Å². The molecule has 1 saturated carbocycles. The third kappa shape index (κ3) is 8.24. The molecule has 1 aromatic heterocycles. The average Bonchev–Trinajstić information content (AvgIpc) is 3.37. The Bertz CT molecular complexity index is 1510. The molecule has 3 amide bonds. The molecule has 5 N–H and O–H groups in total. The van der Waals surface area contributed by atoms with Crippen molar-refractivity contribution < 1.29 is 27.1 Å². The number of thiazole rings is 1. The third-order valence-electron chi connectivity index (χ3n) is 6.46. The first-order valence-corrected chi connectivity index (χ1v) is 15.5. The summed E-state index contributed by atoms with van der Waals surface area (Å²) >= 11 is 1.41. The van der Waals surface area contributed by atoms with Crippen LogP contribution in [0.25, 0.3) is 10.4 Å². The largest absolute Gasteiger partial charge is 0.446 e. The summed E-state index contributed by atoms with van der Waals surface area (Å²) in [5.41, 5.74) is 5.42. The van der Waals surface area contributed by atoms with E-state index in [-0.39, 0.29) is 29.1 Å². The number of sulfonamides is 1. The summed E-state index contributed by atoms with van der Waals surface area (Å²) in [7, 11) is -4.00. The van der Waals surface area contributed by atoms with Gasteiger partial charge in [-0.2, -0.15) is 0 Å². The van der Waals surface area contributed by atoms with E-state index < -0.39 is 33.5 Å². The van der Waals surface area contributed by atoms with Gasteiger partial charge in [0.1, 0.15) is 11.9 Å². The molecule has 4 rings (SSSR count). The molecule has 0 unspecified atom stereocenters. The zero-order chi connectivity index (χ0) is 29.8. The van der Waals surface area contributed by atoms with Crippen molar-refractivity contribution in [1.29, 1.82) is 0 Å². The van der Waals surface area contributed by atoms with Gasteiger partial charge in [-0.25, -0.2) is 32.1 Å². The van der Waals surface area contributed by atoms with Gasteiger partial charge in [0, 0.05) is 41.0 Å². The second-order valence-electron chi connectivity index (χ2n) is 10.9. The molecule has 0 atom stereocenters. The number of nitrogens with one attached hydrogen (secondary N) is 3. The predicted octanol–water partition coefficient (Wildman–Crippen LogP) is 5.47. The van der Waals surface area contributed by atoms with Gasteiger partial charge < -0.3 is 21.1 Å². The number of hydrogen-bond acceptors (Lipinski definition) is 7. The number of rotatable bonds is 8. The fraction of sp³-hybridized carbons (Fsp3) is 0.393. The van der Waals surface area contributed by atoms with E-state index in [4.69, 9.17) is 10.5 Å². The van der Waals surface area contributed by atoms with Crippen molar-refractivity contribution >= 4 is 39.2 Å². The van der Waals surface area contributed by atoms with E-state index in [2.05, 4.69) is 20.3 Å². The predicted molar refractivity (Wildman–Crippen MR) is 156 cm³/mol. The summed E-state index contributed by atoms with van der Waals surface area (Å²) in [6, 6.07) is 10.1. The number of halogens is 1. The lowest BCUT2D eigenvalue weighted by Crippen LogP contribution is -2.40. The van der Waals surface area contributed by atoms with E-state index in [1.165, 1.54) is 23.5 Å². The van der Waals surface area contributed by atoms with Crippen LogP contribution in [0.15, 0.2) is 53.6 Å². The van der Waals surface area contributed by atoms with Crippen molar-refractivity contribution in [3.63, 3.8) is 0 Å². The van der Waals surface area contributed by atoms with Gasteiger partial charge >= 0.3 is 12.1 Å². The first-order chi connectivity index (χ1) is 19.3. The molecule has 1 fully saturated rings. The van der Waals surface area contributed by atoms with E-state index in [0.717, 1.165) is 17.8 Å². The maximum absolute atomic E-state index is 13.9. The second kappa shape index (κ2) is 12.5. The molecule has 41 heavy (non-hydrogen) atoms. The highest BCUT2D eigenvalue weighted by atomic mass is 32.2. The average molecular weight is 604 g/mol. The highest BCUT2D eigenvalue weighted by molar-refractivity contribution is 7.89. The minimum absolute atomic E-state index is 0.00639. The van der Waals surface area contributed by atoms with Crippen LogP contribution in [0.3, 0.4) is 0 Å². The summed E-state index contributed by atoms with van der Waals surface area (Å²) in [5, 5.41) is 6.10. The smallest absolute Gasteiger partial charge is 0.404 e. The number of primary amides is 1. The standard InChI is InChI=1S/C28H34FN5O5S2/c1-28(2,3)34-41(37,38)24-14-19(33-27(36)32-15-18-6-4-5-7-22(18)29)10-13-21(24)23-16-31-25(40-23)17-8-11-20(12-9-17)39-26(30)35/h4-7,10,13-14,16-17,20,34H,8-9,11-12,15H2,1-3H3,(H2,30,35)(H2,32,33,36). The Labute approximate surface area is 242 Å². The molecule has 1 aliphatic carbocycles. The van der Waals surface area contributed by atoms with Crippen LogP contribution in [0.4, 0.5) is 19.7 Å². The molecular weight excluding hydrogens is 569 g/mol. The van der Waals surface area contributed by atoms with Crippen LogP contribution in [0.2, 0.25) is 0 Å². The number of nitrogens with zero attached hydrogens (tertiary/aromatic N) is 1. The van der Waals surface area contributed by atoms with Gasteiger partial charge in [0.2, 0.25) is 10.0 Å². The van der Waals surface area contributed by atoms with E-state index >= 15 is 0 Å². The SMILES string of the molecule is CC(C)(C)NS(=O)(=O)c1cc(NC(=O)NCc2ccccc2F)ccc1-c1cnc(C2CCC(OC(N)=O)CC2)s1. The topological polar surface area (TPSA) is 153 Å². The molecular formula is C28H34FN5O5S2. The van der Waals surface area contributed by atoms with Crippen molar-refractivity contribution in [1.82, 2.24) is 15.0 Å². The monoisotopic (exact) mass is 603 g/mol. The lowest BCUT2D eigenvalue weighted by atomic mass is 9.88. The second-order valence-corrected chi connectivity index (χ2v) is 13.7. The van der Waals surface area contributed by atoms with E-state index in [9.17, 15) is 22.4 Å². The molecule has 1 heterocycles.